The predicted octanol–water partition coefficient (Wildman–Crippen LogP) is 1.60. The first-order valence-electron chi connectivity index (χ1n) is 8.86. The number of benzene rings is 1. The summed E-state index contributed by atoms with van der Waals surface area (Å²) >= 11 is 1.36. The molecule has 2 aromatic heterocycles. The number of pyridine rings is 1. The second kappa shape index (κ2) is 7.50. The Balaban J connectivity index is 1.44. The molecule has 146 valence electrons. The minimum atomic E-state index is -3.54. The normalized spacial score (nSPS) is 15.8. The number of piperazine rings is 1. The maximum Gasteiger partial charge on any atom is 0.243 e. The molecule has 1 aliphatic heterocycles. The van der Waals surface area contributed by atoms with Crippen LogP contribution in [0.5, 0.6) is 0 Å². The summed E-state index contributed by atoms with van der Waals surface area (Å²) in [7, 11) is -3.54. The number of hydrogen-bond acceptors (Lipinski definition) is 5. The van der Waals surface area contributed by atoms with E-state index in [-0.39, 0.29) is 35.9 Å². The van der Waals surface area contributed by atoms with Gasteiger partial charge in [-0.3, -0.25) is 9.59 Å². The first-order chi connectivity index (χ1) is 13.5. The summed E-state index contributed by atoms with van der Waals surface area (Å²) in [4.78, 5) is 26.5. The van der Waals surface area contributed by atoms with Crippen molar-refractivity contribution in [3.05, 3.63) is 64.3 Å². The van der Waals surface area contributed by atoms with Crippen molar-refractivity contribution in [3.63, 3.8) is 0 Å². The van der Waals surface area contributed by atoms with E-state index in [1.807, 2.05) is 11.4 Å². The molecule has 28 heavy (non-hydrogen) atoms. The zero-order valence-electron chi connectivity index (χ0n) is 15.0. The van der Waals surface area contributed by atoms with E-state index in [1.165, 1.54) is 21.7 Å². The fourth-order valence-corrected chi connectivity index (χ4v) is 5.60. The Bertz CT molecular complexity index is 1160. The number of sulfonamides is 1. The molecule has 0 aliphatic carbocycles. The zero-order chi connectivity index (χ0) is 19.7. The Hall–Kier alpha value is -2.49. The molecule has 3 aromatic rings. The van der Waals surface area contributed by atoms with E-state index >= 15 is 0 Å². The summed E-state index contributed by atoms with van der Waals surface area (Å²) in [5.74, 6) is -0.0899. The third kappa shape index (κ3) is 3.48. The van der Waals surface area contributed by atoms with Crippen LogP contribution in [0.25, 0.3) is 10.2 Å². The van der Waals surface area contributed by atoms with Gasteiger partial charge in [-0.05, 0) is 23.6 Å². The molecule has 1 saturated heterocycles. The number of nitrogens with zero attached hydrogens (tertiary/aromatic N) is 3. The molecule has 0 spiro atoms. The molecule has 1 aliphatic rings. The number of rotatable bonds is 4. The lowest BCUT2D eigenvalue weighted by Gasteiger charge is -2.34. The maximum atomic E-state index is 12.7. The van der Waals surface area contributed by atoms with Crippen molar-refractivity contribution in [2.75, 3.05) is 26.2 Å². The van der Waals surface area contributed by atoms with Crippen LogP contribution in [0.1, 0.15) is 0 Å². The third-order valence-electron chi connectivity index (χ3n) is 4.86. The standard InChI is InChI=1S/C19H19N3O4S2/c23-17-6-8-21(16-7-13-27-19(16)17)14-18(24)20-9-11-22(12-10-20)28(25,26)15-4-2-1-3-5-15/h1-8,13H,9-12,14H2. The molecule has 3 heterocycles. The average molecular weight is 418 g/mol. The molecule has 0 radical (unpaired) electrons. The van der Waals surface area contributed by atoms with Crippen LogP contribution < -0.4 is 5.43 Å². The molecule has 7 nitrogen and oxygen atoms in total. The molecule has 0 unspecified atom stereocenters. The van der Waals surface area contributed by atoms with Crippen LogP contribution in [0.2, 0.25) is 0 Å². The molecular formula is C19H19N3O4S2. The van der Waals surface area contributed by atoms with Crippen LogP contribution in [0, 0.1) is 0 Å². The van der Waals surface area contributed by atoms with Crippen LogP contribution in [0.15, 0.2) is 63.7 Å². The van der Waals surface area contributed by atoms with Crippen LogP contribution >= 0.6 is 11.3 Å². The van der Waals surface area contributed by atoms with Crippen molar-refractivity contribution in [1.82, 2.24) is 13.8 Å². The van der Waals surface area contributed by atoms with Crippen LogP contribution in [0.3, 0.4) is 0 Å². The van der Waals surface area contributed by atoms with Gasteiger partial charge in [-0.25, -0.2) is 8.42 Å². The van der Waals surface area contributed by atoms with Crippen LogP contribution in [-0.4, -0.2) is 54.3 Å². The Morgan fingerprint density at radius 1 is 1.00 bits per heavy atom. The molecule has 9 heteroatoms. The van der Waals surface area contributed by atoms with Gasteiger partial charge in [0.15, 0.2) is 5.43 Å². The summed E-state index contributed by atoms with van der Waals surface area (Å²) in [5.41, 5.74) is 0.699. The highest BCUT2D eigenvalue weighted by atomic mass is 32.2. The number of aromatic nitrogens is 1. The largest absolute Gasteiger partial charge is 0.339 e. The highest BCUT2D eigenvalue weighted by Gasteiger charge is 2.30. The van der Waals surface area contributed by atoms with E-state index in [1.54, 1.807) is 46.0 Å². The first kappa shape index (κ1) is 18.9. The SMILES string of the molecule is O=C(Cn1ccc(=O)c2sccc21)N1CCN(S(=O)(=O)c2ccccc2)CC1. The summed E-state index contributed by atoms with van der Waals surface area (Å²) in [5, 5.41) is 1.83. The van der Waals surface area contributed by atoms with Crippen molar-refractivity contribution in [3.8, 4) is 0 Å². The van der Waals surface area contributed by atoms with E-state index in [2.05, 4.69) is 0 Å². The molecule has 1 fully saturated rings. The fraction of sp³-hybridized carbons (Fsp3) is 0.263. The van der Waals surface area contributed by atoms with Gasteiger partial charge in [-0.2, -0.15) is 4.31 Å². The van der Waals surface area contributed by atoms with E-state index < -0.39 is 10.0 Å². The van der Waals surface area contributed by atoms with Gasteiger partial charge < -0.3 is 9.47 Å². The first-order valence-corrected chi connectivity index (χ1v) is 11.2. The minimum absolute atomic E-state index is 0.0477. The molecule has 0 atom stereocenters. The Kier molecular flexibility index (Phi) is 5.05. The topological polar surface area (TPSA) is 79.7 Å². The van der Waals surface area contributed by atoms with E-state index in [4.69, 9.17) is 0 Å². The molecule has 0 N–H and O–H groups in total. The molecule has 1 amide bonds. The summed E-state index contributed by atoms with van der Waals surface area (Å²) in [6.45, 7) is 1.34. The lowest BCUT2D eigenvalue weighted by molar-refractivity contribution is -0.132. The van der Waals surface area contributed by atoms with Crippen LogP contribution in [0.4, 0.5) is 0 Å². The predicted molar refractivity (Wildman–Crippen MR) is 108 cm³/mol. The minimum Gasteiger partial charge on any atom is -0.339 e. The number of hydrogen-bond donors (Lipinski definition) is 0. The van der Waals surface area contributed by atoms with Gasteiger partial charge in [0.2, 0.25) is 15.9 Å². The fourth-order valence-electron chi connectivity index (χ4n) is 3.33. The van der Waals surface area contributed by atoms with E-state index in [9.17, 15) is 18.0 Å². The Labute approximate surface area is 166 Å². The second-order valence-electron chi connectivity index (χ2n) is 6.54. The number of thiophene rings is 1. The molecule has 0 bridgehead atoms. The second-order valence-corrected chi connectivity index (χ2v) is 9.39. The summed E-state index contributed by atoms with van der Waals surface area (Å²) in [6.07, 6.45) is 1.63. The van der Waals surface area contributed by atoms with Crippen molar-refractivity contribution in [2.24, 2.45) is 0 Å². The number of carbonyl (C=O) groups excluding carboxylic acids is 1. The lowest BCUT2D eigenvalue weighted by atomic mass is 10.3. The Morgan fingerprint density at radius 2 is 1.71 bits per heavy atom. The summed E-state index contributed by atoms with van der Waals surface area (Å²) in [6, 6.07) is 11.6. The van der Waals surface area contributed by atoms with Crippen molar-refractivity contribution < 1.29 is 13.2 Å². The van der Waals surface area contributed by atoms with Gasteiger partial charge in [0.25, 0.3) is 0 Å². The van der Waals surface area contributed by atoms with Gasteiger partial charge >= 0.3 is 0 Å². The maximum absolute atomic E-state index is 12.7. The lowest BCUT2D eigenvalue weighted by Crippen LogP contribution is -2.51. The molecule has 0 saturated carbocycles. The number of fused-ring (bicyclic) bond motifs is 1. The zero-order valence-corrected chi connectivity index (χ0v) is 16.7. The molecule has 4 rings (SSSR count). The monoisotopic (exact) mass is 417 g/mol. The highest BCUT2D eigenvalue weighted by molar-refractivity contribution is 7.89. The van der Waals surface area contributed by atoms with Gasteiger partial charge in [0.1, 0.15) is 6.54 Å². The van der Waals surface area contributed by atoms with Gasteiger partial charge in [0, 0.05) is 38.4 Å². The molecular weight excluding hydrogens is 398 g/mol. The van der Waals surface area contributed by atoms with Crippen molar-refractivity contribution in [1.29, 1.82) is 0 Å². The molecule has 1 aromatic carbocycles. The quantitative estimate of drug-likeness (QED) is 0.646. The summed E-state index contributed by atoms with van der Waals surface area (Å²) < 4.78 is 29.2. The van der Waals surface area contributed by atoms with E-state index in [0.29, 0.717) is 17.8 Å². The number of carbonyl (C=O) groups is 1. The third-order valence-corrected chi connectivity index (χ3v) is 7.69. The van der Waals surface area contributed by atoms with Gasteiger partial charge in [-0.15, -0.1) is 11.3 Å². The van der Waals surface area contributed by atoms with E-state index in [0.717, 1.165) is 5.52 Å². The van der Waals surface area contributed by atoms with Crippen molar-refractivity contribution >= 4 is 37.5 Å². The number of amides is 1. The van der Waals surface area contributed by atoms with Gasteiger partial charge in [-0.1, -0.05) is 18.2 Å². The van der Waals surface area contributed by atoms with Gasteiger partial charge in [0.05, 0.1) is 15.1 Å². The highest BCUT2D eigenvalue weighted by Crippen LogP contribution is 2.19. The smallest absolute Gasteiger partial charge is 0.243 e. The van der Waals surface area contributed by atoms with Crippen molar-refractivity contribution in [2.45, 2.75) is 11.4 Å². The average Bonchev–Trinajstić information content (AvgIpc) is 3.22. The Morgan fingerprint density at radius 3 is 2.43 bits per heavy atom. The van der Waals surface area contributed by atoms with Crippen LogP contribution in [-0.2, 0) is 21.4 Å².